The Hall–Kier alpha value is -5.20. The van der Waals surface area contributed by atoms with Crippen LogP contribution in [0.2, 0.25) is 0 Å². The van der Waals surface area contributed by atoms with E-state index in [2.05, 4.69) is 27.3 Å². The molecule has 0 bridgehead atoms. The summed E-state index contributed by atoms with van der Waals surface area (Å²) >= 11 is 1.41. The van der Waals surface area contributed by atoms with Crippen molar-refractivity contribution in [2.75, 3.05) is 62.1 Å². The van der Waals surface area contributed by atoms with Gasteiger partial charge < -0.3 is 24.8 Å². The molecule has 0 spiro atoms. The third-order valence-electron chi connectivity index (χ3n) is 9.61. The molecule has 2 atom stereocenters. The van der Waals surface area contributed by atoms with Gasteiger partial charge in [0.2, 0.25) is 17.7 Å². The minimum atomic E-state index is -0.526. The Kier molecular flexibility index (Phi) is 10.8. The number of amides is 3. The summed E-state index contributed by atoms with van der Waals surface area (Å²) in [6.07, 6.45) is 3.37. The molecule has 268 valence electrons. The number of amidine groups is 1. The summed E-state index contributed by atoms with van der Waals surface area (Å²) in [4.78, 5) is 57.7. The molecule has 3 aliphatic heterocycles. The smallest absolute Gasteiger partial charge is 0.247 e. The second-order valence-electron chi connectivity index (χ2n) is 13.3. The highest BCUT2D eigenvalue weighted by atomic mass is 32.2. The largest absolute Gasteiger partial charge is 0.378 e. The predicted molar refractivity (Wildman–Crippen MR) is 206 cm³/mol. The van der Waals surface area contributed by atoms with Gasteiger partial charge in [0, 0.05) is 57.0 Å². The molecule has 7 rings (SSSR count). The maximum Gasteiger partial charge on any atom is 0.247 e. The van der Waals surface area contributed by atoms with Gasteiger partial charge in [-0.3, -0.25) is 24.3 Å². The first-order chi connectivity index (χ1) is 25.3. The molecule has 3 amide bonds. The molecule has 1 unspecified atom stereocenters. The number of nitrogens with one attached hydrogen (secondary N) is 1. The summed E-state index contributed by atoms with van der Waals surface area (Å²) in [6, 6.07) is 28.5. The molecule has 12 heteroatoms. The summed E-state index contributed by atoms with van der Waals surface area (Å²) in [7, 11) is 3.96. The monoisotopic (exact) mass is 717 g/mol. The van der Waals surface area contributed by atoms with E-state index in [1.165, 1.54) is 11.8 Å². The number of morpholine rings is 1. The topological polar surface area (TPSA) is 111 Å². The van der Waals surface area contributed by atoms with Gasteiger partial charge in [-0.2, -0.15) is 0 Å². The predicted octanol–water partition coefficient (Wildman–Crippen LogP) is 5.66. The standard InChI is InChI=1S/C40H43N7O4S/c1-44(2)33-16-8-28(9-17-33)26-36(48)46-21-5-7-35(46)38(49)42-30-12-10-29(11-13-30)37-39(50)47(27-32-6-3-4-20-41-32)40(52-37)43-31-14-18-34(19-15-31)45-22-24-51-25-23-45/h3-4,6,8-20,35,37H,5,7,21-27H2,1-2H3,(H,42,49)/t35-,37?/m1/s1. The molecule has 3 saturated heterocycles. The number of pyridine rings is 1. The minimum absolute atomic E-state index is 0.0526. The number of nitrogens with zero attached hydrogens (tertiary/aromatic N) is 6. The van der Waals surface area contributed by atoms with Crippen LogP contribution in [0.25, 0.3) is 0 Å². The lowest BCUT2D eigenvalue weighted by Gasteiger charge is -2.28. The van der Waals surface area contributed by atoms with Crippen LogP contribution in [0.5, 0.6) is 0 Å². The fourth-order valence-electron chi connectivity index (χ4n) is 6.71. The number of likely N-dealkylation sites (tertiary alicyclic amines) is 1. The summed E-state index contributed by atoms with van der Waals surface area (Å²) < 4.78 is 5.49. The molecule has 52 heavy (non-hydrogen) atoms. The van der Waals surface area contributed by atoms with Crippen LogP contribution >= 0.6 is 11.8 Å². The highest BCUT2D eigenvalue weighted by Gasteiger charge is 2.39. The van der Waals surface area contributed by atoms with Crippen molar-refractivity contribution in [3.05, 3.63) is 114 Å². The quantitative estimate of drug-likeness (QED) is 0.224. The van der Waals surface area contributed by atoms with Gasteiger partial charge in [0.05, 0.1) is 37.6 Å². The molecule has 0 aliphatic carbocycles. The van der Waals surface area contributed by atoms with Crippen LogP contribution in [0.3, 0.4) is 0 Å². The number of benzene rings is 3. The first-order valence-corrected chi connectivity index (χ1v) is 18.6. The van der Waals surface area contributed by atoms with Gasteiger partial charge in [-0.1, -0.05) is 42.1 Å². The maximum atomic E-state index is 14.0. The van der Waals surface area contributed by atoms with Crippen LogP contribution in [0.15, 0.2) is 102 Å². The molecule has 11 nitrogen and oxygen atoms in total. The maximum absolute atomic E-state index is 14.0. The van der Waals surface area contributed by atoms with Crippen LogP contribution in [-0.4, -0.2) is 90.7 Å². The van der Waals surface area contributed by atoms with Gasteiger partial charge in [-0.05, 0) is 84.6 Å². The number of rotatable bonds is 10. The van der Waals surface area contributed by atoms with E-state index in [0.29, 0.717) is 43.6 Å². The number of hydrogen-bond acceptors (Lipinski definition) is 9. The zero-order valence-corrected chi connectivity index (χ0v) is 30.3. The van der Waals surface area contributed by atoms with E-state index in [4.69, 9.17) is 9.73 Å². The third kappa shape index (κ3) is 8.13. The molecule has 1 N–H and O–H groups in total. The van der Waals surface area contributed by atoms with Crippen molar-refractivity contribution in [3.63, 3.8) is 0 Å². The van der Waals surface area contributed by atoms with Gasteiger partial charge in [-0.25, -0.2) is 4.99 Å². The van der Waals surface area contributed by atoms with E-state index in [-0.39, 0.29) is 24.1 Å². The number of anilines is 3. The summed E-state index contributed by atoms with van der Waals surface area (Å²) in [5, 5.41) is 3.11. The van der Waals surface area contributed by atoms with E-state index < -0.39 is 11.3 Å². The number of aromatic nitrogens is 1. The molecule has 1 aromatic heterocycles. The second-order valence-corrected chi connectivity index (χ2v) is 14.4. The van der Waals surface area contributed by atoms with Crippen molar-refractivity contribution in [1.29, 1.82) is 0 Å². The normalized spacial score (nSPS) is 19.7. The van der Waals surface area contributed by atoms with Crippen molar-refractivity contribution in [3.8, 4) is 0 Å². The van der Waals surface area contributed by atoms with E-state index in [1.807, 2.05) is 97.9 Å². The van der Waals surface area contributed by atoms with Crippen LogP contribution in [0, 0.1) is 0 Å². The lowest BCUT2D eigenvalue weighted by Crippen LogP contribution is -2.43. The van der Waals surface area contributed by atoms with Crippen LogP contribution < -0.4 is 15.1 Å². The number of carbonyl (C=O) groups excluding carboxylic acids is 3. The molecular formula is C40H43N7O4S. The molecular weight excluding hydrogens is 675 g/mol. The average molecular weight is 718 g/mol. The SMILES string of the molecule is CN(C)c1ccc(CC(=O)N2CCC[C@@H]2C(=O)Nc2ccc(C3SC(=Nc4ccc(N5CCOCC5)cc4)N(Cc4ccccn4)C3=O)cc2)cc1. The van der Waals surface area contributed by atoms with Gasteiger partial charge in [0.1, 0.15) is 11.3 Å². The number of aliphatic imine (C=N–C) groups is 1. The molecule has 4 heterocycles. The Morgan fingerprint density at radius 2 is 1.69 bits per heavy atom. The fraction of sp³-hybridized carbons (Fsp3) is 0.325. The Labute approximate surface area is 308 Å². The van der Waals surface area contributed by atoms with Crippen LogP contribution in [0.4, 0.5) is 22.7 Å². The Morgan fingerprint density at radius 3 is 2.38 bits per heavy atom. The summed E-state index contributed by atoms with van der Waals surface area (Å²) in [5.74, 6) is -0.334. The molecule has 3 fully saturated rings. The second kappa shape index (κ2) is 16.0. The van der Waals surface area contributed by atoms with Crippen molar-refractivity contribution in [2.24, 2.45) is 4.99 Å². The molecule has 0 saturated carbocycles. The third-order valence-corrected chi connectivity index (χ3v) is 10.8. The zero-order chi connectivity index (χ0) is 36.0. The number of thioether (sulfide) groups is 1. The van der Waals surface area contributed by atoms with Gasteiger partial charge in [0.15, 0.2) is 5.17 Å². The van der Waals surface area contributed by atoms with Gasteiger partial charge >= 0.3 is 0 Å². The van der Waals surface area contributed by atoms with Crippen LogP contribution in [0.1, 0.15) is 34.9 Å². The molecule has 4 aromatic rings. The minimum Gasteiger partial charge on any atom is -0.378 e. The zero-order valence-electron chi connectivity index (χ0n) is 29.5. The van der Waals surface area contributed by atoms with Crippen molar-refractivity contribution in [2.45, 2.75) is 37.1 Å². The van der Waals surface area contributed by atoms with Crippen molar-refractivity contribution in [1.82, 2.24) is 14.8 Å². The van der Waals surface area contributed by atoms with E-state index >= 15 is 0 Å². The molecule has 3 aliphatic rings. The Bertz CT molecular complexity index is 1900. The van der Waals surface area contributed by atoms with Crippen LogP contribution in [-0.2, 0) is 32.1 Å². The van der Waals surface area contributed by atoms with E-state index in [9.17, 15) is 14.4 Å². The first-order valence-electron chi connectivity index (χ1n) is 17.7. The number of carbonyl (C=O) groups is 3. The number of hydrogen-bond donors (Lipinski definition) is 1. The van der Waals surface area contributed by atoms with E-state index in [1.54, 1.807) is 16.0 Å². The van der Waals surface area contributed by atoms with Gasteiger partial charge in [-0.15, -0.1) is 0 Å². The fourth-order valence-corrected chi connectivity index (χ4v) is 7.89. The average Bonchev–Trinajstić information content (AvgIpc) is 3.79. The van der Waals surface area contributed by atoms with Gasteiger partial charge in [0.25, 0.3) is 0 Å². The lowest BCUT2D eigenvalue weighted by atomic mass is 10.1. The summed E-state index contributed by atoms with van der Waals surface area (Å²) in [6.45, 7) is 4.00. The first kappa shape index (κ1) is 35.2. The van der Waals surface area contributed by atoms with Crippen molar-refractivity contribution < 1.29 is 19.1 Å². The van der Waals surface area contributed by atoms with E-state index in [0.717, 1.165) is 53.4 Å². The summed E-state index contributed by atoms with van der Waals surface area (Å²) in [5.41, 5.74) is 6.07. The lowest BCUT2D eigenvalue weighted by molar-refractivity contribution is -0.136. The van der Waals surface area contributed by atoms with Crippen molar-refractivity contribution >= 4 is 57.4 Å². The number of ether oxygens (including phenoxy) is 1. The Morgan fingerprint density at radius 1 is 0.942 bits per heavy atom. The highest BCUT2D eigenvalue weighted by Crippen LogP contribution is 2.41. The highest BCUT2D eigenvalue weighted by molar-refractivity contribution is 8.15. The molecule has 3 aromatic carbocycles. The Balaban J connectivity index is 1.02. The molecule has 0 radical (unpaired) electrons.